The number of halogens is 4. The number of anilines is 1. The van der Waals surface area contributed by atoms with Crippen LogP contribution < -0.4 is 5.43 Å². The summed E-state index contributed by atoms with van der Waals surface area (Å²) in [6.07, 6.45) is 3.00. The standard InChI is InChI=1S/C12H8F4N4/c1-6(7-2-4-17-5-3-7)19-20-10-8(13)11(15)18-12(16)9(10)14/h2-5H,1H3,(H,18,20)/b19-6+. The fraction of sp³-hybridized carbons (Fsp3) is 0.0833. The van der Waals surface area contributed by atoms with Crippen LogP contribution in [-0.2, 0) is 0 Å². The third-order valence-electron chi connectivity index (χ3n) is 2.43. The van der Waals surface area contributed by atoms with Gasteiger partial charge >= 0.3 is 0 Å². The van der Waals surface area contributed by atoms with Crippen molar-refractivity contribution in [3.63, 3.8) is 0 Å². The van der Waals surface area contributed by atoms with E-state index in [0.29, 0.717) is 11.3 Å². The summed E-state index contributed by atoms with van der Waals surface area (Å²) in [6.45, 7) is 1.55. The molecular weight excluding hydrogens is 276 g/mol. The van der Waals surface area contributed by atoms with Gasteiger partial charge in [0.05, 0.1) is 5.71 Å². The maximum absolute atomic E-state index is 13.3. The summed E-state index contributed by atoms with van der Waals surface area (Å²) in [4.78, 5) is 6.23. The molecule has 0 saturated carbocycles. The number of rotatable bonds is 3. The van der Waals surface area contributed by atoms with E-state index >= 15 is 0 Å². The Hall–Kier alpha value is -2.51. The van der Waals surface area contributed by atoms with Crippen LogP contribution in [0.4, 0.5) is 23.2 Å². The van der Waals surface area contributed by atoms with E-state index in [-0.39, 0.29) is 0 Å². The van der Waals surface area contributed by atoms with Crippen LogP contribution in [0.5, 0.6) is 0 Å². The minimum atomic E-state index is -1.75. The molecule has 0 aliphatic rings. The van der Waals surface area contributed by atoms with Gasteiger partial charge in [-0.2, -0.15) is 27.6 Å². The average molecular weight is 284 g/mol. The second-order valence-corrected chi connectivity index (χ2v) is 3.74. The highest BCUT2D eigenvalue weighted by molar-refractivity contribution is 5.98. The molecular formula is C12H8F4N4. The Morgan fingerprint density at radius 3 is 2.15 bits per heavy atom. The van der Waals surface area contributed by atoms with Crippen molar-refractivity contribution >= 4 is 11.4 Å². The monoisotopic (exact) mass is 284 g/mol. The van der Waals surface area contributed by atoms with Crippen molar-refractivity contribution in [2.45, 2.75) is 6.92 Å². The topological polar surface area (TPSA) is 50.2 Å². The SMILES string of the molecule is C/C(=N\Nc1c(F)c(F)nc(F)c1F)c1ccncc1. The Morgan fingerprint density at radius 1 is 1.05 bits per heavy atom. The molecule has 0 fully saturated rings. The third-order valence-corrected chi connectivity index (χ3v) is 2.43. The van der Waals surface area contributed by atoms with Crippen molar-refractivity contribution < 1.29 is 17.6 Å². The Labute approximate surface area is 111 Å². The van der Waals surface area contributed by atoms with Gasteiger partial charge in [0.1, 0.15) is 5.69 Å². The summed E-state index contributed by atoms with van der Waals surface area (Å²) in [5.74, 6) is -6.78. The summed E-state index contributed by atoms with van der Waals surface area (Å²) in [7, 11) is 0. The van der Waals surface area contributed by atoms with Crippen LogP contribution in [0.15, 0.2) is 29.6 Å². The van der Waals surface area contributed by atoms with E-state index < -0.39 is 29.2 Å². The van der Waals surface area contributed by atoms with Crippen molar-refractivity contribution in [2.75, 3.05) is 5.43 Å². The summed E-state index contributed by atoms with van der Waals surface area (Å²) in [6, 6.07) is 3.22. The van der Waals surface area contributed by atoms with Crippen LogP contribution in [0.25, 0.3) is 0 Å². The quantitative estimate of drug-likeness (QED) is 0.408. The van der Waals surface area contributed by atoms with Crippen molar-refractivity contribution in [1.82, 2.24) is 9.97 Å². The average Bonchev–Trinajstić information content (AvgIpc) is 2.46. The number of aromatic nitrogens is 2. The zero-order chi connectivity index (χ0) is 14.7. The van der Waals surface area contributed by atoms with Crippen LogP contribution in [-0.4, -0.2) is 15.7 Å². The minimum Gasteiger partial charge on any atom is -0.272 e. The molecule has 0 amide bonds. The normalized spacial score (nSPS) is 11.6. The molecule has 4 nitrogen and oxygen atoms in total. The van der Waals surface area contributed by atoms with E-state index in [1.165, 1.54) is 12.4 Å². The van der Waals surface area contributed by atoms with Gasteiger partial charge < -0.3 is 0 Å². The first-order valence-electron chi connectivity index (χ1n) is 5.41. The molecule has 0 spiro atoms. The van der Waals surface area contributed by atoms with Crippen LogP contribution in [0, 0.1) is 23.5 Å². The van der Waals surface area contributed by atoms with Gasteiger partial charge in [0.15, 0.2) is 0 Å². The van der Waals surface area contributed by atoms with Crippen LogP contribution in [0.1, 0.15) is 12.5 Å². The predicted octanol–water partition coefficient (Wildman–Crippen LogP) is 2.87. The third kappa shape index (κ3) is 2.73. The predicted molar refractivity (Wildman–Crippen MR) is 64.1 cm³/mol. The fourth-order valence-corrected chi connectivity index (χ4v) is 1.38. The molecule has 0 radical (unpaired) electrons. The molecule has 2 rings (SSSR count). The minimum absolute atomic E-state index is 0.351. The van der Waals surface area contributed by atoms with Crippen LogP contribution in [0.3, 0.4) is 0 Å². The highest BCUT2D eigenvalue weighted by atomic mass is 19.2. The summed E-state index contributed by atoms with van der Waals surface area (Å²) in [5.41, 5.74) is 1.90. The number of hydrogen-bond donors (Lipinski definition) is 1. The molecule has 0 bridgehead atoms. The molecule has 8 heteroatoms. The van der Waals surface area contributed by atoms with Gasteiger partial charge in [0, 0.05) is 18.0 Å². The summed E-state index contributed by atoms with van der Waals surface area (Å²) in [5, 5.41) is 3.67. The maximum Gasteiger partial charge on any atom is 0.254 e. The molecule has 0 aliphatic heterocycles. The first kappa shape index (κ1) is 13.9. The Balaban J connectivity index is 2.32. The molecule has 2 heterocycles. The number of nitrogens with one attached hydrogen (secondary N) is 1. The number of pyridine rings is 2. The first-order chi connectivity index (χ1) is 9.50. The lowest BCUT2D eigenvalue weighted by Gasteiger charge is -2.06. The van der Waals surface area contributed by atoms with E-state index in [0.717, 1.165) is 0 Å². The molecule has 0 aliphatic carbocycles. The van der Waals surface area contributed by atoms with Gasteiger partial charge in [-0.25, -0.2) is 0 Å². The molecule has 2 aromatic heterocycles. The summed E-state index contributed by atoms with van der Waals surface area (Å²) >= 11 is 0. The van der Waals surface area contributed by atoms with Gasteiger partial charge in [-0.05, 0) is 19.1 Å². The van der Waals surface area contributed by atoms with E-state index in [1.807, 2.05) is 5.43 Å². The Bertz CT molecular complexity index is 632. The van der Waals surface area contributed by atoms with Crippen molar-refractivity contribution in [3.05, 3.63) is 53.6 Å². The fourth-order valence-electron chi connectivity index (χ4n) is 1.38. The van der Waals surface area contributed by atoms with Gasteiger partial charge in [-0.1, -0.05) is 0 Å². The molecule has 0 saturated heterocycles. The maximum atomic E-state index is 13.3. The van der Waals surface area contributed by atoms with Crippen LogP contribution >= 0.6 is 0 Å². The molecule has 0 aromatic carbocycles. The van der Waals surface area contributed by atoms with Crippen molar-refractivity contribution in [1.29, 1.82) is 0 Å². The van der Waals surface area contributed by atoms with Crippen LogP contribution in [0.2, 0.25) is 0 Å². The number of hydrazone groups is 1. The molecule has 0 atom stereocenters. The lowest BCUT2D eigenvalue weighted by atomic mass is 10.2. The molecule has 1 N–H and O–H groups in total. The van der Waals surface area contributed by atoms with E-state index in [9.17, 15) is 17.6 Å². The highest BCUT2D eigenvalue weighted by Gasteiger charge is 2.20. The highest BCUT2D eigenvalue weighted by Crippen LogP contribution is 2.22. The smallest absolute Gasteiger partial charge is 0.254 e. The lowest BCUT2D eigenvalue weighted by Crippen LogP contribution is -2.07. The van der Waals surface area contributed by atoms with E-state index in [4.69, 9.17) is 0 Å². The lowest BCUT2D eigenvalue weighted by molar-refractivity contribution is 0.411. The van der Waals surface area contributed by atoms with Crippen molar-refractivity contribution in [2.24, 2.45) is 5.10 Å². The Kier molecular flexibility index (Phi) is 3.92. The zero-order valence-corrected chi connectivity index (χ0v) is 10.2. The first-order valence-corrected chi connectivity index (χ1v) is 5.41. The van der Waals surface area contributed by atoms with E-state index in [1.54, 1.807) is 19.1 Å². The largest absolute Gasteiger partial charge is 0.272 e. The second-order valence-electron chi connectivity index (χ2n) is 3.74. The molecule has 20 heavy (non-hydrogen) atoms. The number of hydrogen-bond acceptors (Lipinski definition) is 4. The Morgan fingerprint density at radius 2 is 1.60 bits per heavy atom. The summed E-state index contributed by atoms with van der Waals surface area (Å²) < 4.78 is 52.4. The van der Waals surface area contributed by atoms with Gasteiger partial charge in [-0.15, -0.1) is 0 Å². The van der Waals surface area contributed by atoms with E-state index in [2.05, 4.69) is 15.1 Å². The molecule has 0 unspecified atom stereocenters. The van der Waals surface area contributed by atoms with Gasteiger partial charge in [0.2, 0.25) is 11.6 Å². The second kappa shape index (κ2) is 5.64. The van der Waals surface area contributed by atoms with Crippen molar-refractivity contribution in [3.8, 4) is 0 Å². The van der Waals surface area contributed by atoms with Gasteiger partial charge in [0.25, 0.3) is 11.9 Å². The van der Waals surface area contributed by atoms with Gasteiger partial charge in [-0.3, -0.25) is 10.4 Å². The zero-order valence-electron chi connectivity index (χ0n) is 10.2. The molecule has 104 valence electrons. The molecule has 2 aromatic rings. The number of nitrogens with zero attached hydrogens (tertiary/aromatic N) is 3.